The van der Waals surface area contributed by atoms with E-state index in [-0.39, 0.29) is 5.41 Å². The highest BCUT2D eigenvalue weighted by Crippen LogP contribution is 2.53. The third kappa shape index (κ3) is 5.72. The van der Waals surface area contributed by atoms with Crippen LogP contribution < -0.4 is 4.90 Å². The van der Waals surface area contributed by atoms with E-state index in [9.17, 15) is 0 Å². The average Bonchev–Trinajstić information content (AvgIpc) is 3.75. The standard InChI is InChI=1S/C55H45NS/c1-55(2)49-23-13-11-21-43(49)48-35-42(27-29-50(48)55)56(51-30-26-40(36-15-5-3-6-16-36)32-46(51)37-17-7-4-8-18-37)52-33-39-20-10-9-19-38(39)31-47(52)41-25-28-45-44-22-12-14-24-53(44)57-54(45)34-41/h4,7-14,17-36H,3,5-6,15-16H2,1-2H3. The van der Waals surface area contributed by atoms with Gasteiger partial charge in [-0.05, 0) is 117 Å². The molecule has 0 bridgehead atoms. The molecule has 2 aliphatic rings. The van der Waals surface area contributed by atoms with E-state index in [0.29, 0.717) is 5.92 Å². The van der Waals surface area contributed by atoms with Crippen molar-refractivity contribution in [1.29, 1.82) is 0 Å². The van der Waals surface area contributed by atoms with E-state index in [1.54, 1.807) is 0 Å². The molecule has 1 saturated carbocycles. The van der Waals surface area contributed by atoms with E-state index in [1.807, 2.05) is 11.3 Å². The summed E-state index contributed by atoms with van der Waals surface area (Å²) in [4.78, 5) is 2.58. The van der Waals surface area contributed by atoms with E-state index in [1.165, 1.54) is 130 Å². The van der Waals surface area contributed by atoms with Crippen LogP contribution in [0.4, 0.5) is 17.1 Å². The fourth-order valence-electron chi connectivity index (χ4n) is 10.1. The fraction of sp³-hybridized carbons (Fsp3) is 0.164. The molecule has 0 unspecified atom stereocenters. The van der Waals surface area contributed by atoms with E-state index in [0.717, 1.165) is 0 Å². The van der Waals surface area contributed by atoms with Crippen LogP contribution in [0.3, 0.4) is 0 Å². The zero-order valence-electron chi connectivity index (χ0n) is 32.6. The molecule has 0 aliphatic heterocycles. The lowest BCUT2D eigenvalue weighted by Crippen LogP contribution is -2.16. The Morgan fingerprint density at radius 3 is 2.04 bits per heavy atom. The molecule has 0 radical (unpaired) electrons. The van der Waals surface area contributed by atoms with Gasteiger partial charge in [-0.15, -0.1) is 11.3 Å². The highest BCUT2D eigenvalue weighted by Gasteiger charge is 2.36. The van der Waals surface area contributed by atoms with Gasteiger partial charge in [0.05, 0.1) is 11.4 Å². The summed E-state index contributed by atoms with van der Waals surface area (Å²) in [6.45, 7) is 4.75. The molecule has 1 aromatic heterocycles. The molecule has 0 amide bonds. The lowest BCUT2D eigenvalue weighted by Gasteiger charge is -2.32. The van der Waals surface area contributed by atoms with Gasteiger partial charge in [-0.3, -0.25) is 0 Å². The van der Waals surface area contributed by atoms with Crippen molar-refractivity contribution in [2.24, 2.45) is 0 Å². The molecular weight excluding hydrogens is 707 g/mol. The van der Waals surface area contributed by atoms with Crippen LogP contribution in [0.25, 0.3) is 64.3 Å². The van der Waals surface area contributed by atoms with Gasteiger partial charge in [-0.2, -0.15) is 0 Å². The van der Waals surface area contributed by atoms with Crippen molar-refractivity contribution in [3.05, 3.63) is 187 Å². The van der Waals surface area contributed by atoms with Crippen LogP contribution >= 0.6 is 11.3 Å². The molecule has 11 rings (SSSR count). The second-order valence-corrected chi connectivity index (χ2v) is 17.8. The Hall–Kier alpha value is -5.96. The summed E-state index contributed by atoms with van der Waals surface area (Å²) in [6, 6.07) is 64.4. The van der Waals surface area contributed by atoms with Crippen LogP contribution in [0.1, 0.15) is 68.6 Å². The molecule has 9 aromatic rings. The van der Waals surface area contributed by atoms with Gasteiger partial charge in [0.25, 0.3) is 0 Å². The van der Waals surface area contributed by atoms with Crippen LogP contribution in [0, 0.1) is 0 Å². The highest BCUT2D eigenvalue weighted by molar-refractivity contribution is 7.25. The molecule has 0 atom stereocenters. The van der Waals surface area contributed by atoms with Crippen LogP contribution in [0.2, 0.25) is 0 Å². The fourth-order valence-corrected chi connectivity index (χ4v) is 11.2. The Bertz CT molecular complexity index is 2980. The SMILES string of the molecule is CC1(C)c2ccccc2-c2cc(N(c3ccc(C4CCCCC4)cc3-c3ccccc3)c3cc4ccccc4cc3-c3ccc4c(c3)sc3ccccc34)ccc21. The first-order chi connectivity index (χ1) is 28.0. The Morgan fingerprint density at radius 2 is 1.18 bits per heavy atom. The first-order valence-corrected chi connectivity index (χ1v) is 21.5. The number of nitrogens with zero attached hydrogens (tertiary/aromatic N) is 1. The summed E-state index contributed by atoms with van der Waals surface area (Å²) >= 11 is 1.89. The maximum atomic E-state index is 2.58. The van der Waals surface area contributed by atoms with Crippen molar-refractivity contribution in [3.8, 4) is 33.4 Å². The minimum absolute atomic E-state index is 0.0695. The molecule has 0 spiro atoms. The second kappa shape index (κ2) is 13.6. The van der Waals surface area contributed by atoms with Crippen molar-refractivity contribution in [1.82, 2.24) is 0 Å². The Kier molecular flexibility index (Phi) is 8.19. The topological polar surface area (TPSA) is 3.24 Å². The zero-order chi connectivity index (χ0) is 38.1. The van der Waals surface area contributed by atoms with Gasteiger partial charge in [0.2, 0.25) is 0 Å². The quantitative estimate of drug-likeness (QED) is 0.164. The molecule has 2 aliphatic carbocycles. The van der Waals surface area contributed by atoms with Gasteiger partial charge in [0.1, 0.15) is 0 Å². The Balaban J connectivity index is 1.20. The molecule has 1 fully saturated rings. The summed E-state index contributed by atoms with van der Waals surface area (Å²) in [5, 5.41) is 5.13. The molecule has 2 heteroatoms. The lowest BCUT2D eigenvalue weighted by molar-refractivity contribution is 0.444. The summed E-state index contributed by atoms with van der Waals surface area (Å²) in [7, 11) is 0. The highest BCUT2D eigenvalue weighted by atomic mass is 32.1. The van der Waals surface area contributed by atoms with Crippen LogP contribution in [0.5, 0.6) is 0 Å². The molecule has 1 heterocycles. The van der Waals surface area contributed by atoms with Gasteiger partial charge in [-0.1, -0.05) is 154 Å². The number of rotatable bonds is 6. The number of fused-ring (bicyclic) bond motifs is 7. The van der Waals surface area contributed by atoms with E-state index in [2.05, 4.69) is 189 Å². The van der Waals surface area contributed by atoms with Crippen molar-refractivity contribution < 1.29 is 0 Å². The number of anilines is 3. The van der Waals surface area contributed by atoms with Gasteiger partial charge >= 0.3 is 0 Å². The van der Waals surface area contributed by atoms with Gasteiger partial charge in [-0.25, -0.2) is 0 Å². The van der Waals surface area contributed by atoms with Crippen LogP contribution in [-0.2, 0) is 5.41 Å². The first kappa shape index (κ1) is 34.3. The molecule has 0 N–H and O–H groups in total. The minimum atomic E-state index is -0.0695. The molecule has 57 heavy (non-hydrogen) atoms. The predicted octanol–water partition coefficient (Wildman–Crippen LogP) is 16.4. The second-order valence-electron chi connectivity index (χ2n) is 16.7. The van der Waals surface area contributed by atoms with Crippen molar-refractivity contribution in [2.45, 2.75) is 57.3 Å². The maximum Gasteiger partial charge on any atom is 0.0546 e. The van der Waals surface area contributed by atoms with Crippen molar-refractivity contribution >= 4 is 59.3 Å². The Labute approximate surface area is 339 Å². The number of hydrogen-bond acceptors (Lipinski definition) is 2. The summed E-state index contributed by atoms with van der Waals surface area (Å²) < 4.78 is 2.65. The number of benzene rings is 8. The van der Waals surface area contributed by atoms with Gasteiger partial charge < -0.3 is 4.90 Å². The lowest BCUT2D eigenvalue weighted by atomic mass is 9.82. The summed E-state index contributed by atoms with van der Waals surface area (Å²) in [5.41, 5.74) is 15.4. The predicted molar refractivity (Wildman–Crippen MR) is 246 cm³/mol. The molecular formula is C55H45NS. The smallest absolute Gasteiger partial charge is 0.0546 e. The van der Waals surface area contributed by atoms with Gasteiger partial charge in [0, 0.05) is 42.4 Å². The molecule has 8 aromatic carbocycles. The van der Waals surface area contributed by atoms with E-state index < -0.39 is 0 Å². The zero-order valence-corrected chi connectivity index (χ0v) is 33.5. The Morgan fingerprint density at radius 1 is 0.474 bits per heavy atom. The normalized spacial score (nSPS) is 14.9. The monoisotopic (exact) mass is 751 g/mol. The van der Waals surface area contributed by atoms with Crippen molar-refractivity contribution in [2.75, 3.05) is 4.90 Å². The summed E-state index contributed by atoms with van der Waals surface area (Å²) in [6.07, 6.45) is 6.52. The third-order valence-electron chi connectivity index (χ3n) is 13.0. The van der Waals surface area contributed by atoms with E-state index >= 15 is 0 Å². The molecule has 276 valence electrons. The number of hydrogen-bond donors (Lipinski definition) is 0. The third-order valence-corrected chi connectivity index (χ3v) is 14.2. The van der Waals surface area contributed by atoms with Crippen molar-refractivity contribution in [3.63, 3.8) is 0 Å². The summed E-state index contributed by atoms with van der Waals surface area (Å²) in [5.74, 6) is 0.603. The molecule has 0 saturated heterocycles. The van der Waals surface area contributed by atoms with Crippen LogP contribution in [-0.4, -0.2) is 0 Å². The first-order valence-electron chi connectivity index (χ1n) is 20.7. The van der Waals surface area contributed by atoms with E-state index in [4.69, 9.17) is 0 Å². The minimum Gasteiger partial charge on any atom is -0.309 e. The number of thiophene rings is 1. The largest absolute Gasteiger partial charge is 0.309 e. The average molecular weight is 752 g/mol. The maximum absolute atomic E-state index is 2.58. The van der Waals surface area contributed by atoms with Gasteiger partial charge in [0.15, 0.2) is 0 Å². The van der Waals surface area contributed by atoms with Crippen LogP contribution in [0.15, 0.2) is 170 Å². The molecule has 1 nitrogen and oxygen atoms in total.